The number of rotatable bonds is 4. The maximum Gasteiger partial charge on any atom is 0.179 e. The number of hydrogen-bond acceptors (Lipinski definition) is 2. The van der Waals surface area contributed by atoms with Crippen molar-refractivity contribution in [3.8, 4) is 0 Å². The molecule has 0 saturated heterocycles. The molecule has 0 radical (unpaired) electrons. The molecule has 92 valence electrons. The summed E-state index contributed by atoms with van der Waals surface area (Å²) in [5.41, 5.74) is -0.171. The van der Waals surface area contributed by atoms with Crippen LogP contribution in [0.1, 0.15) is 36.0 Å². The van der Waals surface area contributed by atoms with E-state index in [0.29, 0.717) is 6.04 Å². The number of Topliss-reactive ketones (excluding diaryl/α,β-unsaturated/α-hetero) is 1. The fraction of sp³-hybridized carbons (Fsp3) is 0.462. The molecule has 0 aliphatic heterocycles. The van der Waals surface area contributed by atoms with E-state index in [2.05, 4.69) is 5.32 Å². The fourth-order valence-corrected chi connectivity index (χ4v) is 2.17. The smallest absolute Gasteiger partial charge is 0.179 e. The van der Waals surface area contributed by atoms with Crippen LogP contribution < -0.4 is 5.32 Å². The van der Waals surface area contributed by atoms with Crippen LogP contribution in [0.4, 0.5) is 8.78 Å². The second kappa shape index (κ2) is 5.36. The lowest BCUT2D eigenvalue weighted by Crippen LogP contribution is -2.31. The standard InChI is InChI=1S/C13H15F2NO/c14-9-5-6-12(15)11(7-9)13(17)8-16-10-3-1-2-4-10/h5-7,10,16H,1-4,8H2. The van der Waals surface area contributed by atoms with Gasteiger partial charge >= 0.3 is 0 Å². The summed E-state index contributed by atoms with van der Waals surface area (Å²) < 4.78 is 26.2. The van der Waals surface area contributed by atoms with Crippen molar-refractivity contribution in [3.63, 3.8) is 0 Å². The number of ketones is 1. The van der Waals surface area contributed by atoms with Gasteiger partial charge in [0, 0.05) is 6.04 Å². The van der Waals surface area contributed by atoms with Gasteiger partial charge in [-0.2, -0.15) is 0 Å². The molecule has 1 N–H and O–H groups in total. The van der Waals surface area contributed by atoms with E-state index in [1.807, 2.05) is 0 Å². The van der Waals surface area contributed by atoms with Crippen molar-refractivity contribution in [1.29, 1.82) is 0 Å². The predicted molar refractivity (Wildman–Crippen MR) is 60.9 cm³/mol. The molecule has 2 rings (SSSR count). The molecule has 2 nitrogen and oxygen atoms in total. The van der Waals surface area contributed by atoms with Gasteiger partial charge in [-0.15, -0.1) is 0 Å². The van der Waals surface area contributed by atoms with Crippen LogP contribution in [0.3, 0.4) is 0 Å². The van der Waals surface area contributed by atoms with E-state index < -0.39 is 17.4 Å². The Hall–Kier alpha value is -1.29. The molecule has 1 aromatic carbocycles. The molecule has 1 aromatic rings. The minimum absolute atomic E-state index is 0.0744. The Labute approximate surface area is 99.0 Å². The normalized spacial score (nSPS) is 16.4. The molecule has 1 fully saturated rings. The van der Waals surface area contributed by atoms with E-state index in [1.54, 1.807) is 0 Å². The maximum absolute atomic E-state index is 13.3. The van der Waals surface area contributed by atoms with Crippen molar-refractivity contribution >= 4 is 5.78 Å². The van der Waals surface area contributed by atoms with Crippen molar-refractivity contribution in [2.75, 3.05) is 6.54 Å². The Morgan fingerprint density at radius 2 is 2.00 bits per heavy atom. The molecule has 1 saturated carbocycles. The number of halogens is 2. The van der Waals surface area contributed by atoms with Crippen molar-refractivity contribution < 1.29 is 13.6 Å². The third-order valence-electron chi connectivity index (χ3n) is 3.14. The fourth-order valence-electron chi connectivity index (χ4n) is 2.17. The van der Waals surface area contributed by atoms with Gasteiger partial charge in [0.05, 0.1) is 12.1 Å². The molecule has 1 aliphatic rings. The van der Waals surface area contributed by atoms with Gasteiger partial charge < -0.3 is 5.32 Å². The van der Waals surface area contributed by atoms with Gasteiger partial charge in [-0.1, -0.05) is 12.8 Å². The highest BCUT2D eigenvalue weighted by Crippen LogP contribution is 2.17. The number of hydrogen-bond donors (Lipinski definition) is 1. The summed E-state index contributed by atoms with van der Waals surface area (Å²) in [6, 6.07) is 3.29. The third-order valence-corrected chi connectivity index (χ3v) is 3.14. The quantitative estimate of drug-likeness (QED) is 0.818. The van der Waals surface area contributed by atoms with Crippen molar-refractivity contribution in [2.45, 2.75) is 31.7 Å². The van der Waals surface area contributed by atoms with Gasteiger partial charge in [0.1, 0.15) is 11.6 Å². The van der Waals surface area contributed by atoms with Crippen LogP contribution >= 0.6 is 0 Å². The minimum Gasteiger partial charge on any atom is -0.307 e. The number of carbonyl (C=O) groups is 1. The lowest BCUT2D eigenvalue weighted by atomic mass is 10.1. The highest BCUT2D eigenvalue weighted by Gasteiger charge is 2.17. The molecule has 0 unspecified atom stereocenters. The highest BCUT2D eigenvalue weighted by molar-refractivity contribution is 5.97. The lowest BCUT2D eigenvalue weighted by molar-refractivity contribution is 0.0983. The van der Waals surface area contributed by atoms with E-state index in [1.165, 1.54) is 12.8 Å². The molecular weight excluding hydrogens is 224 g/mol. The van der Waals surface area contributed by atoms with E-state index >= 15 is 0 Å². The van der Waals surface area contributed by atoms with Crippen LogP contribution in [0.2, 0.25) is 0 Å². The average molecular weight is 239 g/mol. The first-order chi connectivity index (χ1) is 8.16. The van der Waals surface area contributed by atoms with Gasteiger partial charge in [-0.05, 0) is 31.0 Å². The van der Waals surface area contributed by atoms with Crippen molar-refractivity contribution in [2.24, 2.45) is 0 Å². The summed E-state index contributed by atoms with van der Waals surface area (Å²) >= 11 is 0. The minimum atomic E-state index is -0.662. The Bertz CT molecular complexity index is 414. The third kappa shape index (κ3) is 3.09. The first-order valence-electron chi connectivity index (χ1n) is 5.88. The van der Waals surface area contributed by atoms with Gasteiger partial charge in [0.15, 0.2) is 5.78 Å². The Balaban J connectivity index is 1.96. The van der Waals surface area contributed by atoms with E-state index in [-0.39, 0.29) is 12.1 Å². The zero-order valence-corrected chi connectivity index (χ0v) is 9.51. The van der Waals surface area contributed by atoms with Crippen LogP contribution in [0.25, 0.3) is 0 Å². The van der Waals surface area contributed by atoms with Crippen LogP contribution in [-0.4, -0.2) is 18.4 Å². The second-order valence-electron chi connectivity index (χ2n) is 4.41. The average Bonchev–Trinajstić information content (AvgIpc) is 2.82. The largest absolute Gasteiger partial charge is 0.307 e. The first kappa shape index (κ1) is 12.2. The second-order valence-corrected chi connectivity index (χ2v) is 4.41. The SMILES string of the molecule is O=C(CNC1CCCC1)c1cc(F)ccc1F. The van der Waals surface area contributed by atoms with Gasteiger partial charge in [0.2, 0.25) is 0 Å². The summed E-state index contributed by atoms with van der Waals surface area (Å²) in [6.45, 7) is 0.0744. The predicted octanol–water partition coefficient (Wildman–Crippen LogP) is 2.68. The Morgan fingerprint density at radius 1 is 1.29 bits per heavy atom. The summed E-state index contributed by atoms with van der Waals surface area (Å²) in [5, 5.41) is 3.09. The lowest BCUT2D eigenvalue weighted by Gasteiger charge is -2.11. The van der Waals surface area contributed by atoms with Crippen molar-refractivity contribution in [3.05, 3.63) is 35.4 Å². The molecule has 0 spiro atoms. The number of benzene rings is 1. The van der Waals surface area contributed by atoms with Gasteiger partial charge in [-0.3, -0.25) is 4.79 Å². The molecule has 17 heavy (non-hydrogen) atoms. The topological polar surface area (TPSA) is 29.1 Å². The molecule has 4 heteroatoms. The molecule has 0 atom stereocenters. The zero-order valence-electron chi connectivity index (χ0n) is 9.51. The molecule has 0 amide bonds. The van der Waals surface area contributed by atoms with E-state index in [0.717, 1.165) is 31.0 Å². The molecular formula is C13H15F2NO. The zero-order chi connectivity index (χ0) is 12.3. The Morgan fingerprint density at radius 3 is 2.71 bits per heavy atom. The van der Waals surface area contributed by atoms with Crippen LogP contribution in [0.5, 0.6) is 0 Å². The monoisotopic (exact) mass is 239 g/mol. The van der Waals surface area contributed by atoms with Crippen LogP contribution in [0, 0.1) is 11.6 Å². The maximum atomic E-state index is 13.3. The summed E-state index contributed by atoms with van der Waals surface area (Å²) in [4.78, 5) is 11.7. The molecule has 0 heterocycles. The van der Waals surface area contributed by atoms with E-state index in [4.69, 9.17) is 0 Å². The van der Waals surface area contributed by atoms with Crippen molar-refractivity contribution in [1.82, 2.24) is 5.32 Å². The molecule has 1 aliphatic carbocycles. The molecule has 0 bridgehead atoms. The van der Waals surface area contributed by atoms with Crippen LogP contribution in [-0.2, 0) is 0 Å². The van der Waals surface area contributed by atoms with Gasteiger partial charge in [0.25, 0.3) is 0 Å². The van der Waals surface area contributed by atoms with Gasteiger partial charge in [-0.25, -0.2) is 8.78 Å². The number of nitrogens with one attached hydrogen (secondary N) is 1. The van der Waals surface area contributed by atoms with Crippen LogP contribution in [0.15, 0.2) is 18.2 Å². The first-order valence-corrected chi connectivity index (χ1v) is 5.88. The summed E-state index contributed by atoms with van der Waals surface area (Å²) in [5.74, 6) is -1.64. The summed E-state index contributed by atoms with van der Waals surface area (Å²) in [7, 11) is 0. The highest BCUT2D eigenvalue weighted by atomic mass is 19.1. The van der Waals surface area contributed by atoms with E-state index in [9.17, 15) is 13.6 Å². The number of carbonyl (C=O) groups excluding carboxylic acids is 1. The summed E-state index contributed by atoms with van der Waals surface area (Å²) in [6.07, 6.45) is 4.44. The Kier molecular flexibility index (Phi) is 3.84. The molecule has 0 aromatic heterocycles.